The van der Waals surface area contributed by atoms with Crippen LogP contribution < -0.4 is 11.1 Å². The van der Waals surface area contributed by atoms with Crippen LogP contribution in [-0.4, -0.2) is 41.2 Å². The van der Waals surface area contributed by atoms with Crippen LogP contribution in [0.15, 0.2) is 36.4 Å². The molecule has 2 heterocycles. The Morgan fingerprint density at radius 1 is 1.31 bits per heavy atom. The van der Waals surface area contributed by atoms with Crippen LogP contribution in [0.25, 0.3) is 0 Å². The summed E-state index contributed by atoms with van der Waals surface area (Å²) in [6.45, 7) is 1.68. The Kier molecular flexibility index (Phi) is 5.40. The summed E-state index contributed by atoms with van der Waals surface area (Å²) in [4.78, 5) is 12.2. The zero-order chi connectivity index (χ0) is 18.7. The predicted octanol–water partition coefficient (Wildman–Crippen LogP) is 0.365. The Bertz CT molecular complexity index is 879. The highest BCUT2D eigenvalue weighted by atomic mass is 32.2. The lowest BCUT2D eigenvalue weighted by Crippen LogP contribution is -2.33. The molecule has 3 N–H and O–H groups in total. The number of aromatic nitrogens is 2. The number of nitrogens with one attached hydrogen (secondary N) is 1. The Hall–Kier alpha value is -2.23. The fraction of sp³-hybridized carbons (Fsp3) is 0.412. The SMILES string of the molecule is CS(=O)(=O)N1CCCn2nc(CNC(=O)[C@H](N)c3ccccc3)cc2C1. The van der Waals surface area contributed by atoms with Gasteiger partial charge in [-0.25, -0.2) is 8.42 Å². The quantitative estimate of drug-likeness (QED) is 0.782. The smallest absolute Gasteiger partial charge is 0.241 e. The minimum absolute atomic E-state index is 0.248. The van der Waals surface area contributed by atoms with Gasteiger partial charge >= 0.3 is 0 Å². The number of nitrogens with zero attached hydrogens (tertiary/aromatic N) is 3. The van der Waals surface area contributed by atoms with Gasteiger partial charge in [-0.2, -0.15) is 9.40 Å². The summed E-state index contributed by atoms with van der Waals surface area (Å²) in [6, 6.07) is 10.2. The maximum Gasteiger partial charge on any atom is 0.241 e. The van der Waals surface area contributed by atoms with Crippen LogP contribution in [0.3, 0.4) is 0 Å². The molecule has 9 heteroatoms. The summed E-state index contributed by atoms with van der Waals surface area (Å²) >= 11 is 0. The number of fused-ring (bicyclic) bond motifs is 1. The number of hydrogen-bond donors (Lipinski definition) is 2. The van der Waals surface area contributed by atoms with E-state index in [0.717, 1.165) is 11.3 Å². The van der Waals surface area contributed by atoms with E-state index in [-0.39, 0.29) is 12.5 Å². The summed E-state index contributed by atoms with van der Waals surface area (Å²) in [5.41, 5.74) is 8.23. The molecule has 0 fully saturated rings. The Morgan fingerprint density at radius 2 is 2.04 bits per heavy atom. The van der Waals surface area contributed by atoms with Crippen LogP contribution in [0.1, 0.15) is 29.4 Å². The van der Waals surface area contributed by atoms with Crippen molar-refractivity contribution in [1.82, 2.24) is 19.4 Å². The highest BCUT2D eigenvalue weighted by molar-refractivity contribution is 7.88. The maximum atomic E-state index is 12.2. The number of aryl methyl sites for hydroxylation is 1. The first-order chi connectivity index (χ1) is 12.3. The molecule has 2 aromatic rings. The Morgan fingerprint density at radius 3 is 2.73 bits per heavy atom. The third-order valence-electron chi connectivity index (χ3n) is 4.38. The lowest BCUT2D eigenvalue weighted by molar-refractivity contribution is -0.122. The molecule has 0 bridgehead atoms. The molecule has 26 heavy (non-hydrogen) atoms. The van der Waals surface area contributed by atoms with E-state index in [9.17, 15) is 13.2 Å². The largest absolute Gasteiger partial charge is 0.349 e. The van der Waals surface area contributed by atoms with E-state index in [4.69, 9.17) is 5.73 Å². The molecule has 0 spiro atoms. The zero-order valence-corrected chi connectivity index (χ0v) is 15.4. The molecular formula is C17H23N5O3S. The van der Waals surface area contributed by atoms with Gasteiger partial charge in [0.25, 0.3) is 0 Å². The topological polar surface area (TPSA) is 110 Å². The van der Waals surface area contributed by atoms with Gasteiger partial charge in [-0.1, -0.05) is 30.3 Å². The van der Waals surface area contributed by atoms with Gasteiger partial charge < -0.3 is 11.1 Å². The van der Waals surface area contributed by atoms with Crippen molar-refractivity contribution in [2.45, 2.75) is 32.1 Å². The van der Waals surface area contributed by atoms with Crippen molar-refractivity contribution in [2.75, 3.05) is 12.8 Å². The number of nitrogens with two attached hydrogens (primary N) is 1. The summed E-state index contributed by atoms with van der Waals surface area (Å²) in [6.07, 6.45) is 1.91. The van der Waals surface area contributed by atoms with Crippen molar-refractivity contribution in [2.24, 2.45) is 5.73 Å². The second-order valence-corrected chi connectivity index (χ2v) is 8.39. The second kappa shape index (κ2) is 7.56. The molecule has 0 saturated carbocycles. The predicted molar refractivity (Wildman–Crippen MR) is 97.3 cm³/mol. The van der Waals surface area contributed by atoms with E-state index in [1.165, 1.54) is 10.6 Å². The van der Waals surface area contributed by atoms with E-state index < -0.39 is 16.1 Å². The van der Waals surface area contributed by atoms with Crippen LogP contribution in [-0.2, 0) is 34.5 Å². The van der Waals surface area contributed by atoms with Crippen LogP contribution in [0, 0.1) is 0 Å². The minimum atomic E-state index is -3.24. The molecule has 3 rings (SSSR count). The Balaban J connectivity index is 1.64. The van der Waals surface area contributed by atoms with Crippen molar-refractivity contribution >= 4 is 15.9 Å². The zero-order valence-electron chi connectivity index (χ0n) is 14.6. The lowest BCUT2D eigenvalue weighted by Gasteiger charge is -2.16. The highest BCUT2D eigenvalue weighted by Crippen LogP contribution is 2.16. The van der Waals surface area contributed by atoms with E-state index in [2.05, 4.69) is 10.4 Å². The van der Waals surface area contributed by atoms with Crippen LogP contribution >= 0.6 is 0 Å². The van der Waals surface area contributed by atoms with E-state index >= 15 is 0 Å². The van der Waals surface area contributed by atoms with Gasteiger partial charge in [-0.3, -0.25) is 9.48 Å². The van der Waals surface area contributed by atoms with Crippen molar-refractivity contribution in [3.63, 3.8) is 0 Å². The van der Waals surface area contributed by atoms with Gasteiger partial charge in [0.15, 0.2) is 0 Å². The van der Waals surface area contributed by atoms with Crippen LogP contribution in [0.2, 0.25) is 0 Å². The standard InChI is InChI=1S/C17H23N5O3S/c1-26(24,25)21-8-5-9-22-15(12-21)10-14(20-22)11-19-17(23)16(18)13-6-3-2-4-7-13/h2-4,6-7,10,16H,5,8-9,11-12,18H2,1H3,(H,19,23)/t16-/m1/s1. The molecule has 0 aliphatic carbocycles. The third-order valence-corrected chi connectivity index (χ3v) is 5.63. The molecule has 140 valence electrons. The van der Waals surface area contributed by atoms with Gasteiger partial charge in [-0.15, -0.1) is 0 Å². The minimum Gasteiger partial charge on any atom is -0.349 e. The fourth-order valence-corrected chi connectivity index (χ4v) is 3.79. The number of rotatable bonds is 5. The highest BCUT2D eigenvalue weighted by Gasteiger charge is 2.23. The van der Waals surface area contributed by atoms with Gasteiger partial charge in [0, 0.05) is 13.1 Å². The molecular weight excluding hydrogens is 354 g/mol. The lowest BCUT2D eigenvalue weighted by atomic mass is 10.1. The molecule has 1 amide bonds. The number of sulfonamides is 1. The molecule has 0 radical (unpaired) electrons. The molecule has 0 saturated heterocycles. The molecule has 1 atom stereocenters. The number of hydrogen-bond acceptors (Lipinski definition) is 5. The first-order valence-corrected chi connectivity index (χ1v) is 10.3. The summed E-state index contributed by atoms with van der Waals surface area (Å²) in [5.74, 6) is -0.280. The molecule has 8 nitrogen and oxygen atoms in total. The monoisotopic (exact) mass is 377 g/mol. The van der Waals surface area contributed by atoms with E-state index in [1.807, 2.05) is 41.1 Å². The third kappa shape index (κ3) is 4.29. The Labute approximate surface area is 153 Å². The maximum absolute atomic E-state index is 12.2. The molecule has 1 aliphatic heterocycles. The van der Waals surface area contributed by atoms with Crippen molar-refractivity contribution < 1.29 is 13.2 Å². The summed E-state index contributed by atoms with van der Waals surface area (Å²) in [5, 5.41) is 7.26. The van der Waals surface area contributed by atoms with Crippen molar-refractivity contribution in [3.05, 3.63) is 53.3 Å². The van der Waals surface area contributed by atoms with E-state index in [0.29, 0.717) is 31.7 Å². The van der Waals surface area contributed by atoms with E-state index in [1.54, 1.807) is 0 Å². The first-order valence-electron chi connectivity index (χ1n) is 8.43. The fourth-order valence-electron chi connectivity index (χ4n) is 2.96. The number of amides is 1. The van der Waals surface area contributed by atoms with Gasteiger partial charge in [-0.05, 0) is 18.1 Å². The summed E-state index contributed by atoms with van der Waals surface area (Å²) in [7, 11) is -3.24. The first kappa shape index (κ1) is 18.6. The van der Waals surface area contributed by atoms with Crippen molar-refractivity contribution in [3.8, 4) is 0 Å². The average molecular weight is 377 g/mol. The number of carbonyl (C=O) groups is 1. The van der Waals surface area contributed by atoms with Crippen molar-refractivity contribution in [1.29, 1.82) is 0 Å². The van der Waals surface area contributed by atoms with Crippen LogP contribution in [0.5, 0.6) is 0 Å². The molecule has 1 aromatic carbocycles. The molecule has 1 aromatic heterocycles. The second-order valence-electron chi connectivity index (χ2n) is 6.41. The van der Waals surface area contributed by atoms with Gasteiger partial charge in [0.1, 0.15) is 6.04 Å². The van der Waals surface area contributed by atoms with Gasteiger partial charge in [0.2, 0.25) is 15.9 Å². The normalized spacial score (nSPS) is 16.5. The summed E-state index contributed by atoms with van der Waals surface area (Å²) < 4.78 is 26.9. The molecule has 1 aliphatic rings. The average Bonchev–Trinajstić information content (AvgIpc) is 2.88. The number of benzene rings is 1. The molecule has 0 unspecified atom stereocenters. The number of carbonyl (C=O) groups excluding carboxylic acids is 1. The van der Waals surface area contributed by atoms with Crippen LogP contribution in [0.4, 0.5) is 0 Å². The van der Waals surface area contributed by atoms with Gasteiger partial charge in [0.05, 0.1) is 30.7 Å².